The Morgan fingerprint density at radius 2 is 1.72 bits per heavy atom. The Bertz CT molecular complexity index is 654. The lowest BCUT2D eigenvalue weighted by Gasteiger charge is -2.14. The Labute approximate surface area is 148 Å². The maximum atomic E-state index is 12.0. The SMILES string of the molecule is CCCCCOc1c(OC)cccc1OC(=O)OCc1ccccc1. The fourth-order valence-electron chi connectivity index (χ4n) is 2.24. The van der Waals surface area contributed by atoms with E-state index >= 15 is 0 Å². The summed E-state index contributed by atoms with van der Waals surface area (Å²) in [6.45, 7) is 2.81. The van der Waals surface area contributed by atoms with Gasteiger partial charge in [-0.25, -0.2) is 4.79 Å². The lowest BCUT2D eigenvalue weighted by atomic mass is 10.2. The topological polar surface area (TPSA) is 54.0 Å². The molecule has 2 aromatic rings. The first kappa shape index (κ1) is 18.6. The molecule has 0 aromatic heterocycles. The lowest BCUT2D eigenvalue weighted by molar-refractivity contribution is 0.0910. The van der Waals surface area contributed by atoms with E-state index in [4.69, 9.17) is 18.9 Å². The van der Waals surface area contributed by atoms with Crippen LogP contribution in [0.25, 0.3) is 0 Å². The minimum absolute atomic E-state index is 0.149. The Morgan fingerprint density at radius 3 is 2.44 bits per heavy atom. The molecule has 2 aromatic carbocycles. The molecule has 0 heterocycles. The van der Waals surface area contributed by atoms with E-state index in [2.05, 4.69) is 6.92 Å². The summed E-state index contributed by atoms with van der Waals surface area (Å²) in [7, 11) is 1.55. The molecule has 5 nitrogen and oxygen atoms in total. The Kier molecular flexibility index (Phi) is 7.63. The van der Waals surface area contributed by atoms with Gasteiger partial charge in [0.2, 0.25) is 5.75 Å². The van der Waals surface area contributed by atoms with Crippen molar-refractivity contribution in [2.75, 3.05) is 13.7 Å². The molecule has 0 bridgehead atoms. The third kappa shape index (κ3) is 6.03. The van der Waals surface area contributed by atoms with Gasteiger partial charge in [-0.15, -0.1) is 0 Å². The summed E-state index contributed by atoms with van der Waals surface area (Å²) >= 11 is 0. The number of unbranched alkanes of at least 4 members (excludes halogenated alkanes) is 2. The van der Waals surface area contributed by atoms with Crippen LogP contribution in [0.3, 0.4) is 0 Å². The van der Waals surface area contributed by atoms with Crippen LogP contribution in [0.15, 0.2) is 48.5 Å². The zero-order valence-electron chi connectivity index (χ0n) is 14.7. The van der Waals surface area contributed by atoms with Crippen LogP contribution in [0, 0.1) is 0 Å². The molecule has 0 saturated heterocycles. The van der Waals surface area contributed by atoms with Crippen molar-refractivity contribution in [2.24, 2.45) is 0 Å². The van der Waals surface area contributed by atoms with Crippen molar-refractivity contribution in [1.82, 2.24) is 0 Å². The van der Waals surface area contributed by atoms with Crippen LogP contribution in [0.4, 0.5) is 4.79 Å². The fourth-order valence-corrected chi connectivity index (χ4v) is 2.24. The molecule has 0 N–H and O–H groups in total. The summed E-state index contributed by atoms with van der Waals surface area (Å²) in [6, 6.07) is 14.6. The predicted octanol–water partition coefficient (Wildman–Crippen LogP) is 4.98. The second kappa shape index (κ2) is 10.2. The molecule has 0 unspecified atom stereocenters. The lowest BCUT2D eigenvalue weighted by Crippen LogP contribution is -2.12. The van der Waals surface area contributed by atoms with Crippen molar-refractivity contribution < 1.29 is 23.7 Å². The van der Waals surface area contributed by atoms with Gasteiger partial charge in [0.15, 0.2) is 11.5 Å². The van der Waals surface area contributed by atoms with E-state index in [0.717, 1.165) is 24.8 Å². The van der Waals surface area contributed by atoms with Gasteiger partial charge in [0.1, 0.15) is 6.61 Å². The summed E-state index contributed by atoms with van der Waals surface area (Å²) in [5.41, 5.74) is 0.890. The first-order chi connectivity index (χ1) is 12.2. The zero-order chi connectivity index (χ0) is 17.9. The van der Waals surface area contributed by atoms with E-state index in [1.165, 1.54) is 0 Å². The number of carbonyl (C=O) groups is 1. The molecule has 0 aliphatic carbocycles. The second-order valence-electron chi connectivity index (χ2n) is 5.47. The van der Waals surface area contributed by atoms with E-state index in [-0.39, 0.29) is 12.4 Å². The Morgan fingerprint density at radius 1 is 0.960 bits per heavy atom. The molecule has 0 radical (unpaired) electrons. The number of hydrogen-bond acceptors (Lipinski definition) is 5. The molecule has 0 spiro atoms. The molecule has 2 rings (SSSR count). The first-order valence-electron chi connectivity index (χ1n) is 8.43. The van der Waals surface area contributed by atoms with Crippen molar-refractivity contribution in [3.05, 3.63) is 54.1 Å². The standard InChI is InChI=1S/C20H24O5/c1-3-4-8-14-23-19-17(22-2)12-9-13-18(19)25-20(21)24-15-16-10-6-5-7-11-16/h5-7,9-13H,3-4,8,14-15H2,1-2H3. The number of rotatable bonds is 9. The summed E-state index contributed by atoms with van der Waals surface area (Å²) in [5, 5.41) is 0. The van der Waals surface area contributed by atoms with Gasteiger partial charge >= 0.3 is 6.16 Å². The van der Waals surface area contributed by atoms with Gasteiger partial charge in [0.05, 0.1) is 13.7 Å². The van der Waals surface area contributed by atoms with Gasteiger partial charge in [-0.2, -0.15) is 0 Å². The van der Waals surface area contributed by atoms with Gasteiger partial charge in [-0.05, 0) is 24.1 Å². The number of benzene rings is 2. The number of hydrogen-bond donors (Lipinski definition) is 0. The van der Waals surface area contributed by atoms with Crippen LogP contribution in [0.5, 0.6) is 17.2 Å². The van der Waals surface area contributed by atoms with Gasteiger partial charge in [0, 0.05) is 0 Å². The minimum atomic E-state index is -0.782. The molecule has 25 heavy (non-hydrogen) atoms. The van der Waals surface area contributed by atoms with Crippen molar-refractivity contribution in [3.8, 4) is 17.2 Å². The van der Waals surface area contributed by atoms with E-state index in [1.807, 2.05) is 30.3 Å². The van der Waals surface area contributed by atoms with Crippen molar-refractivity contribution in [2.45, 2.75) is 32.8 Å². The first-order valence-corrected chi connectivity index (χ1v) is 8.43. The third-order valence-corrected chi connectivity index (χ3v) is 3.55. The highest BCUT2D eigenvalue weighted by Crippen LogP contribution is 2.37. The van der Waals surface area contributed by atoms with E-state index in [9.17, 15) is 4.79 Å². The maximum absolute atomic E-state index is 12.0. The van der Waals surface area contributed by atoms with E-state index in [1.54, 1.807) is 25.3 Å². The molecule has 0 saturated carbocycles. The molecule has 0 amide bonds. The second-order valence-corrected chi connectivity index (χ2v) is 5.47. The molecular weight excluding hydrogens is 320 g/mol. The average molecular weight is 344 g/mol. The smallest absolute Gasteiger partial charge is 0.493 e. The van der Waals surface area contributed by atoms with Crippen LogP contribution >= 0.6 is 0 Å². The monoisotopic (exact) mass is 344 g/mol. The van der Waals surface area contributed by atoms with Crippen LogP contribution in [-0.2, 0) is 11.3 Å². The fraction of sp³-hybridized carbons (Fsp3) is 0.350. The van der Waals surface area contributed by atoms with Crippen molar-refractivity contribution in [1.29, 1.82) is 0 Å². The number of methoxy groups -OCH3 is 1. The number of carbonyl (C=O) groups excluding carboxylic acids is 1. The molecule has 0 atom stereocenters. The molecule has 0 aliphatic rings. The van der Waals surface area contributed by atoms with Crippen LogP contribution in [0.1, 0.15) is 31.7 Å². The minimum Gasteiger partial charge on any atom is -0.493 e. The third-order valence-electron chi connectivity index (χ3n) is 3.55. The molecular formula is C20H24O5. The molecule has 0 fully saturated rings. The highest BCUT2D eigenvalue weighted by molar-refractivity contribution is 5.66. The highest BCUT2D eigenvalue weighted by atomic mass is 16.7. The van der Waals surface area contributed by atoms with Crippen LogP contribution in [-0.4, -0.2) is 19.9 Å². The quantitative estimate of drug-likeness (QED) is 0.365. The Balaban J connectivity index is 1.98. The van der Waals surface area contributed by atoms with Crippen molar-refractivity contribution >= 4 is 6.16 Å². The molecule has 5 heteroatoms. The molecule has 0 aliphatic heterocycles. The predicted molar refractivity (Wildman–Crippen MR) is 95.3 cm³/mol. The number of ether oxygens (including phenoxy) is 4. The van der Waals surface area contributed by atoms with Crippen LogP contribution < -0.4 is 14.2 Å². The summed E-state index contributed by atoms with van der Waals surface area (Å²) in [5.74, 6) is 1.22. The maximum Gasteiger partial charge on any atom is 0.514 e. The summed E-state index contributed by atoms with van der Waals surface area (Å²) in [6.07, 6.45) is 2.32. The summed E-state index contributed by atoms with van der Waals surface area (Å²) < 4.78 is 21.5. The summed E-state index contributed by atoms with van der Waals surface area (Å²) in [4.78, 5) is 12.0. The van der Waals surface area contributed by atoms with Crippen LogP contribution in [0.2, 0.25) is 0 Å². The Hall–Kier alpha value is -2.69. The van der Waals surface area contributed by atoms with Gasteiger partial charge in [0.25, 0.3) is 0 Å². The average Bonchev–Trinajstić information content (AvgIpc) is 2.65. The highest BCUT2D eigenvalue weighted by Gasteiger charge is 2.16. The van der Waals surface area contributed by atoms with Gasteiger partial charge < -0.3 is 18.9 Å². The normalized spacial score (nSPS) is 10.2. The zero-order valence-corrected chi connectivity index (χ0v) is 14.7. The van der Waals surface area contributed by atoms with Gasteiger partial charge in [-0.1, -0.05) is 56.2 Å². The number of para-hydroxylation sites is 1. The van der Waals surface area contributed by atoms with E-state index in [0.29, 0.717) is 18.1 Å². The largest absolute Gasteiger partial charge is 0.514 e. The molecule has 134 valence electrons. The van der Waals surface area contributed by atoms with Gasteiger partial charge in [-0.3, -0.25) is 0 Å². The van der Waals surface area contributed by atoms with E-state index < -0.39 is 6.16 Å². The van der Waals surface area contributed by atoms with Crippen molar-refractivity contribution in [3.63, 3.8) is 0 Å².